The second-order valence-corrected chi connectivity index (χ2v) is 7.52. The van der Waals surface area contributed by atoms with Gasteiger partial charge in [0.1, 0.15) is 6.04 Å². The highest BCUT2D eigenvalue weighted by atomic mass is 16.7. The Balaban J connectivity index is 1.75. The van der Waals surface area contributed by atoms with Crippen molar-refractivity contribution in [3.8, 4) is 11.5 Å². The molecular formula is C24H30N2O4. The Morgan fingerprint density at radius 3 is 2.60 bits per heavy atom. The predicted octanol–water partition coefficient (Wildman–Crippen LogP) is 3.60. The Hall–Kier alpha value is -3.02. The van der Waals surface area contributed by atoms with Crippen LogP contribution in [0.15, 0.2) is 42.5 Å². The number of nitrogens with zero attached hydrogens (tertiary/aromatic N) is 1. The van der Waals surface area contributed by atoms with Crippen molar-refractivity contribution in [2.45, 2.75) is 52.6 Å². The van der Waals surface area contributed by atoms with Crippen LogP contribution in [0, 0.1) is 6.92 Å². The first-order chi connectivity index (χ1) is 14.5. The number of hydrogen-bond acceptors (Lipinski definition) is 4. The van der Waals surface area contributed by atoms with Crippen LogP contribution in [0.3, 0.4) is 0 Å². The molecule has 0 aromatic heterocycles. The summed E-state index contributed by atoms with van der Waals surface area (Å²) >= 11 is 0. The number of amides is 2. The number of fused-ring (bicyclic) bond motifs is 1. The number of carbonyl (C=O) groups is 2. The lowest BCUT2D eigenvalue weighted by atomic mass is 10.0. The number of hydrogen-bond donors (Lipinski definition) is 1. The van der Waals surface area contributed by atoms with E-state index in [9.17, 15) is 9.59 Å². The molecule has 3 rings (SSSR count). The number of rotatable bonds is 9. The average Bonchev–Trinajstić information content (AvgIpc) is 3.20. The highest BCUT2D eigenvalue weighted by Crippen LogP contribution is 2.32. The Kier molecular flexibility index (Phi) is 7.33. The minimum atomic E-state index is -0.491. The first-order valence-corrected chi connectivity index (χ1v) is 10.5. The van der Waals surface area contributed by atoms with E-state index in [4.69, 9.17) is 9.47 Å². The molecular weight excluding hydrogens is 380 g/mol. The smallest absolute Gasteiger partial charge is 0.242 e. The standard InChI is InChI=1S/C24H30N2O4/c1-4-20(24(28)25-5-2)26(15-19-8-6-7-17(3)13-19)23(27)12-10-18-9-11-21-22(14-18)30-16-29-21/h6-9,11,13-14,20H,4-5,10,12,15-16H2,1-3H3,(H,25,28). The summed E-state index contributed by atoms with van der Waals surface area (Å²) in [5.41, 5.74) is 3.16. The molecule has 0 bridgehead atoms. The molecule has 6 heteroatoms. The van der Waals surface area contributed by atoms with Crippen LogP contribution < -0.4 is 14.8 Å². The lowest BCUT2D eigenvalue weighted by Crippen LogP contribution is -2.49. The molecule has 1 heterocycles. The van der Waals surface area contributed by atoms with Gasteiger partial charge in [-0.3, -0.25) is 9.59 Å². The zero-order valence-electron chi connectivity index (χ0n) is 17.9. The molecule has 0 aliphatic carbocycles. The number of nitrogens with one attached hydrogen (secondary N) is 1. The SMILES string of the molecule is CCNC(=O)C(CC)N(Cc1cccc(C)c1)C(=O)CCc1ccc2c(c1)OCO2. The fourth-order valence-corrected chi connectivity index (χ4v) is 3.71. The van der Waals surface area contributed by atoms with Gasteiger partial charge in [-0.25, -0.2) is 0 Å². The third kappa shape index (κ3) is 5.32. The fraction of sp³-hybridized carbons (Fsp3) is 0.417. The maximum absolute atomic E-state index is 13.2. The highest BCUT2D eigenvalue weighted by molar-refractivity contribution is 5.87. The second-order valence-electron chi connectivity index (χ2n) is 7.52. The minimum Gasteiger partial charge on any atom is -0.454 e. The second kappa shape index (κ2) is 10.1. The van der Waals surface area contributed by atoms with E-state index in [0.717, 1.165) is 22.4 Å². The van der Waals surface area contributed by atoms with Gasteiger partial charge in [-0.05, 0) is 49.9 Å². The van der Waals surface area contributed by atoms with Gasteiger partial charge in [-0.15, -0.1) is 0 Å². The van der Waals surface area contributed by atoms with Gasteiger partial charge >= 0.3 is 0 Å². The Bertz CT molecular complexity index is 897. The van der Waals surface area contributed by atoms with E-state index in [-0.39, 0.29) is 18.6 Å². The van der Waals surface area contributed by atoms with Crippen molar-refractivity contribution in [1.82, 2.24) is 10.2 Å². The molecule has 1 unspecified atom stereocenters. The third-order valence-corrected chi connectivity index (χ3v) is 5.24. The molecule has 1 N–H and O–H groups in total. The quantitative estimate of drug-likeness (QED) is 0.686. The maximum Gasteiger partial charge on any atom is 0.242 e. The Morgan fingerprint density at radius 1 is 1.07 bits per heavy atom. The first-order valence-electron chi connectivity index (χ1n) is 10.5. The number of benzene rings is 2. The lowest BCUT2D eigenvalue weighted by molar-refractivity contribution is -0.141. The van der Waals surface area contributed by atoms with Crippen LogP contribution in [-0.4, -0.2) is 36.1 Å². The minimum absolute atomic E-state index is 0.0349. The van der Waals surface area contributed by atoms with Crippen molar-refractivity contribution < 1.29 is 19.1 Å². The van der Waals surface area contributed by atoms with Crippen molar-refractivity contribution in [2.24, 2.45) is 0 Å². The molecule has 1 aliphatic rings. The van der Waals surface area contributed by atoms with Gasteiger partial charge in [-0.2, -0.15) is 0 Å². The monoisotopic (exact) mass is 410 g/mol. The normalized spacial score (nSPS) is 13.0. The van der Waals surface area contributed by atoms with E-state index >= 15 is 0 Å². The topological polar surface area (TPSA) is 67.9 Å². The van der Waals surface area contributed by atoms with Crippen molar-refractivity contribution in [2.75, 3.05) is 13.3 Å². The largest absolute Gasteiger partial charge is 0.454 e. The van der Waals surface area contributed by atoms with Crippen LogP contribution in [0.1, 0.15) is 43.4 Å². The van der Waals surface area contributed by atoms with Gasteiger partial charge in [-0.1, -0.05) is 42.8 Å². The van der Waals surface area contributed by atoms with E-state index in [0.29, 0.717) is 38.1 Å². The van der Waals surface area contributed by atoms with E-state index in [2.05, 4.69) is 11.4 Å². The fourth-order valence-electron chi connectivity index (χ4n) is 3.71. The van der Waals surface area contributed by atoms with Crippen LogP contribution in [0.5, 0.6) is 11.5 Å². The Labute approximate surface area is 178 Å². The van der Waals surface area contributed by atoms with Crippen LogP contribution in [0.4, 0.5) is 0 Å². The van der Waals surface area contributed by atoms with E-state index < -0.39 is 6.04 Å². The van der Waals surface area contributed by atoms with Crippen LogP contribution in [-0.2, 0) is 22.6 Å². The number of aryl methyl sites for hydroxylation is 2. The molecule has 6 nitrogen and oxygen atoms in total. The summed E-state index contributed by atoms with van der Waals surface area (Å²) in [5.74, 6) is 1.30. The van der Waals surface area contributed by atoms with Gasteiger partial charge in [0, 0.05) is 19.5 Å². The summed E-state index contributed by atoms with van der Waals surface area (Å²) in [7, 11) is 0. The molecule has 2 aromatic carbocycles. The molecule has 1 atom stereocenters. The van der Waals surface area contributed by atoms with E-state index in [1.54, 1.807) is 4.90 Å². The van der Waals surface area contributed by atoms with Gasteiger partial charge < -0.3 is 19.7 Å². The summed E-state index contributed by atoms with van der Waals surface area (Å²) in [4.78, 5) is 27.6. The maximum atomic E-state index is 13.2. The Morgan fingerprint density at radius 2 is 1.87 bits per heavy atom. The zero-order chi connectivity index (χ0) is 21.5. The molecule has 0 saturated heterocycles. The number of ether oxygens (including phenoxy) is 2. The van der Waals surface area contributed by atoms with Gasteiger partial charge in [0.15, 0.2) is 11.5 Å². The summed E-state index contributed by atoms with van der Waals surface area (Å²) in [6, 6.07) is 13.3. The van der Waals surface area contributed by atoms with E-state index in [1.807, 2.05) is 57.2 Å². The average molecular weight is 411 g/mol. The predicted molar refractivity (Wildman–Crippen MR) is 115 cm³/mol. The molecule has 0 saturated carbocycles. The van der Waals surface area contributed by atoms with Gasteiger partial charge in [0.25, 0.3) is 0 Å². The molecule has 0 spiro atoms. The van der Waals surface area contributed by atoms with Crippen LogP contribution in [0.2, 0.25) is 0 Å². The third-order valence-electron chi connectivity index (χ3n) is 5.24. The van der Waals surface area contributed by atoms with Crippen molar-refractivity contribution in [3.63, 3.8) is 0 Å². The molecule has 160 valence electrons. The molecule has 0 fully saturated rings. The summed E-state index contributed by atoms with van der Waals surface area (Å²) in [5, 5.41) is 2.87. The van der Waals surface area contributed by atoms with Crippen molar-refractivity contribution in [1.29, 1.82) is 0 Å². The number of likely N-dealkylation sites (N-methyl/N-ethyl adjacent to an activating group) is 1. The van der Waals surface area contributed by atoms with Crippen molar-refractivity contribution in [3.05, 3.63) is 59.2 Å². The van der Waals surface area contributed by atoms with Crippen molar-refractivity contribution >= 4 is 11.8 Å². The van der Waals surface area contributed by atoms with Gasteiger partial charge in [0.05, 0.1) is 0 Å². The molecule has 2 amide bonds. The molecule has 1 aliphatic heterocycles. The van der Waals surface area contributed by atoms with Gasteiger partial charge in [0.2, 0.25) is 18.6 Å². The summed E-state index contributed by atoms with van der Waals surface area (Å²) in [6.45, 7) is 7.03. The first kappa shape index (κ1) is 21.7. The highest BCUT2D eigenvalue weighted by Gasteiger charge is 2.28. The summed E-state index contributed by atoms with van der Waals surface area (Å²) in [6.07, 6.45) is 1.46. The lowest BCUT2D eigenvalue weighted by Gasteiger charge is -2.30. The zero-order valence-corrected chi connectivity index (χ0v) is 17.9. The summed E-state index contributed by atoms with van der Waals surface area (Å²) < 4.78 is 10.8. The molecule has 0 radical (unpaired) electrons. The molecule has 2 aromatic rings. The van der Waals surface area contributed by atoms with Crippen LogP contribution >= 0.6 is 0 Å². The molecule has 30 heavy (non-hydrogen) atoms. The van der Waals surface area contributed by atoms with Crippen LogP contribution in [0.25, 0.3) is 0 Å². The number of carbonyl (C=O) groups excluding carboxylic acids is 2. The van der Waals surface area contributed by atoms with E-state index in [1.165, 1.54) is 0 Å².